The van der Waals surface area contributed by atoms with Crippen molar-refractivity contribution in [2.75, 3.05) is 18.4 Å². The molecule has 0 aliphatic carbocycles. The Bertz CT molecular complexity index is 1180. The van der Waals surface area contributed by atoms with Crippen molar-refractivity contribution in [2.24, 2.45) is 4.99 Å². The third-order valence-electron chi connectivity index (χ3n) is 5.88. The zero-order chi connectivity index (χ0) is 23.6. The standard InChI is InChI=1S/C24H26N6O3/c1-4-28(5-2)22(32)18-16-25-30(17-11-7-6-8-12-17)21(18)27-23(33)24(3)15-20(31)26-19-13-9-10-14-29(19)24/h6-14,16H,4-5,15H2,1-3H3,(H,27,33). The molecule has 3 heterocycles. The van der Waals surface area contributed by atoms with Gasteiger partial charge in [0.1, 0.15) is 22.8 Å². The van der Waals surface area contributed by atoms with Crippen LogP contribution in [0.25, 0.3) is 5.69 Å². The van der Waals surface area contributed by atoms with Crippen molar-refractivity contribution in [1.82, 2.24) is 19.6 Å². The summed E-state index contributed by atoms with van der Waals surface area (Å²) in [5.41, 5.74) is -0.250. The minimum Gasteiger partial charge on any atom is -0.339 e. The van der Waals surface area contributed by atoms with Crippen LogP contribution < -0.4 is 5.32 Å². The maximum atomic E-state index is 13.7. The first-order valence-corrected chi connectivity index (χ1v) is 10.9. The first kappa shape index (κ1) is 22.2. The molecule has 3 amide bonds. The van der Waals surface area contributed by atoms with Gasteiger partial charge in [0, 0.05) is 19.3 Å². The summed E-state index contributed by atoms with van der Waals surface area (Å²) >= 11 is 0. The highest BCUT2D eigenvalue weighted by Crippen LogP contribution is 2.31. The molecule has 9 heteroatoms. The maximum absolute atomic E-state index is 13.7. The molecule has 0 radical (unpaired) electrons. The Balaban J connectivity index is 1.75. The van der Waals surface area contributed by atoms with Gasteiger partial charge in [0.05, 0.1) is 18.3 Å². The lowest BCUT2D eigenvalue weighted by Gasteiger charge is -2.41. The Morgan fingerprint density at radius 3 is 2.58 bits per heavy atom. The number of aromatic nitrogens is 2. The second-order valence-electron chi connectivity index (χ2n) is 7.97. The van der Waals surface area contributed by atoms with Gasteiger partial charge in [-0.25, -0.2) is 4.68 Å². The van der Waals surface area contributed by atoms with E-state index < -0.39 is 11.4 Å². The van der Waals surface area contributed by atoms with Crippen LogP contribution in [0.2, 0.25) is 0 Å². The summed E-state index contributed by atoms with van der Waals surface area (Å²) < 4.78 is 1.53. The number of amides is 3. The monoisotopic (exact) mass is 446 g/mol. The van der Waals surface area contributed by atoms with Gasteiger partial charge >= 0.3 is 0 Å². The van der Waals surface area contributed by atoms with Crippen LogP contribution in [-0.4, -0.2) is 61.8 Å². The zero-order valence-corrected chi connectivity index (χ0v) is 18.9. The smallest absolute Gasteiger partial charge is 0.259 e. The second kappa shape index (κ2) is 8.85. The fourth-order valence-corrected chi connectivity index (χ4v) is 3.99. The number of carbonyl (C=O) groups is 3. The highest BCUT2D eigenvalue weighted by molar-refractivity contribution is 6.13. The minimum atomic E-state index is -1.23. The fourth-order valence-electron chi connectivity index (χ4n) is 3.99. The van der Waals surface area contributed by atoms with E-state index in [2.05, 4.69) is 15.4 Å². The van der Waals surface area contributed by atoms with Gasteiger partial charge in [0.15, 0.2) is 0 Å². The number of carbonyl (C=O) groups excluding carboxylic acids is 3. The zero-order valence-electron chi connectivity index (χ0n) is 18.9. The van der Waals surface area contributed by atoms with Gasteiger partial charge in [0.25, 0.3) is 17.7 Å². The number of nitrogens with zero attached hydrogens (tertiary/aromatic N) is 5. The number of hydrogen-bond acceptors (Lipinski definition) is 5. The number of benzene rings is 1. The minimum absolute atomic E-state index is 0.0979. The van der Waals surface area contributed by atoms with Crippen LogP contribution in [0.15, 0.2) is 65.9 Å². The predicted octanol–water partition coefficient (Wildman–Crippen LogP) is 2.77. The van der Waals surface area contributed by atoms with Crippen molar-refractivity contribution in [3.05, 3.63) is 66.5 Å². The van der Waals surface area contributed by atoms with E-state index in [9.17, 15) is 14.4 Å². The number of fused-ring (bicyclic) bond motifs is 1. The molecule has 170 valence electrons. The Morgan fingerprint density at radius 2 is 1.88 bits per heavy atom. The lowest BCUT2D eigenvalue weighted by atomic mass is 9.91. The van der Waals surface area contributed by atoms with E-state index in [-0.39, 0.29) is 29.6 Å². The molecule has 0 saturated heterocycles. The molecule has 4 rings (SSSR count). The number of amidine groups is 1. The third-order valence-corrected chi connectivity index (χ3v) is 5.88. The van der Waals surface area contributed by atoms with Crippen LogP contribution in [0.4, 0.5) is 5.82 Å². The number of allylic oxidation sites excluding steroid dienone is 2. The highest BCUT2D eigenvalue weighted by Gasteiger charge is 2.45. The average molecular weight is 447 g/mol. The second-order valence-corrected chi connectivity index (χ2v) is 7.97. The van der Waals surface area contributed by atoms with Crippen LogP contribution in [0.5, 0.6) is 0 Å². The van der Waals surface area contributed by atoms with Crippen molar-refractivity contribution in [1.29, 1.82) is 0 Å². The lowest BCUT2D eigenvalue weighted by molar-refractivity contribution is -0.130. The Labute approximate surface area is 192 Å². The van der Waals surface area contributed by atoms with Crippen molar-refractivity contribution >= 4 is 29.4 Å². The molecule has 0 spiro atoms. The molecule has 1 aromatic heterocycles. The molecule has 2 aliphatic heterocycles. The summed E-state index contributed by atoms with van der Waals surface area (Å²) in [6.45, 7) is 6.53. The van der Waals surface area contributed by atoms with Crippen molar-refractivity contribution < 1.29 is 14.4 Å². The molecule has 2 aliphatic rings. The molecular formula is C24H26N6O3. The summed E-state index contributed by atoms with van der Waals surface area (Å²) in [4.78, 5) is 46.6. The highest BCUT2D eigenvalue weighted by atomic mass is 16.2. The largest absolute Gasteiger partial charge is 0.339 e. The van der Waals surface area contributed by atoms with Gasteiger partial charge in [-0.2, -0.15) is 10.1 Å². The van der Waals surface area contributed by atoms with E-state index in [1.165, 1.54) is 10.9 Å². The molecule has 1 unspecified atom stereocenters. The summed E-state index contributed by atoms with van der Waals surface area (Å²) in [7, 11) is 0. The SMILES string of the molecule is CCN(CC)C(=O)c1cnn(-c2ccccc2)c1NC(=O)C1(C)CC(=O)N=C2C=CC=CN21. The molecular weight excluding hydrogens is 420 g/mol. The first-order chi connectivity index (χ1) is 15.9. The summed E-state index contributed by atoms with van der Waals surface area (Å²) in [6, 6.07) is 9.25. The lowest BCUT2D eigenvalue weighted by Crippen LogP contribution is -2.58. The van der Waals surface area contributed by atoms with Gasteiger partial charge in [-0.1, -0.05) is 24.3 Å². The van der Waals surface area contributed by atoms with Crippen LogP contribution in [0, 0.1) is 0 Å². The molecule has 1 atom stereocenters. The molecule has 0 bridgehead atoms. The van der Waals surface area contributed by atoms with E-state index in [0.29, 0.717) is 24.6 Å². The van der Waals surface area contributed by atoms with Gasteiger partial charge < -0.3 is 15.1 Å². The molecule has 2 aromatic rings. The topological polar surface area (TPSA) is 99.9 Å². The van der Waals surface area contributed by atoms with E-state index in [1.54, 1.807) is 41.2 Å². The van der Waals surface area contributed by atoms with Crippen LogP contribution in [0.1, 0.15) is 37.6 Å². The summed E-state index contributed by atoms with van der Waals surface area (Å²) in [5, 5.41) is 7.31. The van der Waals surface area contributed by atoms with Gasteiger partial charge in [0.2, 0.25) is 0 Å². The molecule has 33 heavy (non-hydrogen) atoms. The first-order valence-electron chi connectivity index (χ1n) is 10.9. The summed E-state index contributed by atoms with van der Waals surface area (Å²) in [5.74, 6) is -0.380. The molecule has 0 fully saturated rings. The fraction of sp³-hybridized carbons (Fsp3) is 0.292. The van der Waals surface area contributed by atoms with Crippen LogP contribution >= 0.6 is 0 Å². The van der Waals surface area contributed by atoms with Crippen LogP contribution in [0.3, 0.4) is 0 Å². The van der Waals surface area contributed by atoms with Crippen LogP contribution in [-0.2, 0) is 9.59 Å². The van der Waals surface area contributed by atoms with Crippen molar-refractivity contribution in [3.8, 4) is 5.69 Å². The van der Waals surface area contributed by atoms with Crippen molar-refractivity contribution in [3.63, 3.8) is 0 Å². The molecule has 0 saturated carbocycles. The van der Waals surface area contributed by atoms with Gasteiger partial charge in [-0.3, -0.25) is 14.4 Å². The molecule has 1 aromatic carbocycles. The number of nitrogens with one attached hydrogen (secondary N) is 1. The number of hydrogen-bond donors (Lipinski definition) is 1. The van der Waals surface area contributed by atoms with E-state index >= 15 is 0 Å². The Morgan fingerprint density at radius 1 is 1.15 bits per heavy atom. The van der Waals surface area contributed by atoms with E-state index in [0.717, 1.165) is 0 Å². The third kappa shape index (κ3) is 3.97. The van der Waals surface area contributed by atoms with Gasteiger partial charge in [-0.05, 0) is 45.1 Å². The number of anilines is 1. The quantitative estimate of drug-likeness (QED) is 0.736. The number of rotatable bonds is 6. The average Bonchev–Trinajstić information content (AvgIpc) is 3.23. The normalized spacial score (nSPS) is 19.2. The number of para-hydroxylation sites is 1. The Hall–Kier alpha value is -4.01. The molecule has 9 nitrogen and oxygen atoms in total. The van der Waals surface area contributed by atoms with Gasteiger partial charge in [-0.15, -0.1) is 0 Å². The van der Waals surface area contributed by atoms with E-state index in [1.807, 2.05) is 44.2 Å². The Kier molecular flexibility index (Phi) is 5.95. The number of aliphatic imine (C=N–C) groups is 1. The maximum Gasteiger partial charge on any atom is 0.259 e. The van der Waals surface area contributed by atoms with Crippen molar-refractivity contribution in [2.45, 2.75) is 32.7 Å². The van der Waals surface area contributed by atoms with E-state index in [4.69, 9.17) is 0 Å². The molecule has 1 N–H and O–H groups in total. The predicted molar refractivity (Wildman–Crippen MR) is 125 cm³/mol. The summed E-state index contributed by atoms with van der Waals surface area (Å²) in [6.07, 6.45) is 8.32.